The summed E-state index contributed by atoms with van der Waals surface area (Å²) in [5.41, 5.74) is 0.803. The summed E-state index contributed by atoms with van der Waals surface area (Å²) in [6.45, 7) is 1.07. The van der Waals surface area contributed by atoms with Gasteiger partial charge in [-0.25, -0.2) is 0 Å². The molecule has 5 rings (SSSR count). The Morgan fingerprint density at radius 2 is 1.70 bits per heavy atom. The van der Waals surface area contributed by atoms with Crippen LogP contribution in [0.15, 0.2) is 73.1 Å². The fourth-order valence-corrected chi connectivity index (χ4v) is 5.31. The Labute approximate surface area is 232 Å². The van der Waals surface area contributed by atoms with Gasteiger partial charge in [0.25, 0.3) is 11.8 Å². The monoisotopic (exact) mass is 544 g/mol. The summed E-state index contributed by atoms with van der Waals surface area (Å²) in [4.78, 5) is 47.9. The highest BCUT2D eigenvalue weighted by Crippen LogP contribution is 2.39. The lowest BCUT2D eigenvalue weighted by atomic mass is 9.96. The zero-order valence-electron chi connectivity index (χ0n) is 22.5. The molecule has 2 aliphatic rings. The van der Waals surface area contributed by atoms with Gasteiger partial charge in [0.1, 0.15) is 11.8 Å². The number of carbonyl (C=O) groups is 3. The Morgan fingerprint density at radius 3 is 2.38 bits per heavy atom. The average molecular weight is 545 g/mol. The fourth-order valence-electron chi connectivity index (χ4n) is 5.31. The lowest BCUT2D eigenvalue weighted by molar-refractivity contribution is -0.128. The van der Waals surface area contributed by atoms with Crippen LogP contribution in [0.4, 0.5) is 0 Å². The molecule has 2 saturated heterocycles. The van der Waals surface area contributed by atoms with Crippen LogP contribution in [0.2, 0.25) is 0 Å². The highest BCUT2D eigenvalue weighted by molar-refractivity contribution is 5.98. The minimum Gasteiger partial charge on any atom is -0.493 e. The molecule has 0 bridgehead atoms. The van der Waals surface area contributed by atoms with Gasteiger partial charge in [0.05, 0.1) is 20.8 Å². The number of pyridine rings is 1. The van der Waals surface area contributed by atoms with Crippen molar-refractivity contribution in [3.63, 3.8) is 0 Å². The van der Waals surface area contributed by atoms with E-state index in [2.05, 4.69) is 10.3 Å². The standard InChI is InChI=1S/C30H32N4O6/c1-38-25-11-10-23(17-26(25)39-2)28(36)33-15-12-30(13-16-33)34(29(37)22-8-4-3-5-9-22)24(20-40-30)27(35)32-19-21-7-6-14-31-18-21/h3-11,14,17-18,24H,12-13,15-16,19-20H2,1-2H3,(H,32,35)/t24-/m0/s1. The van der Waals surface area contributed by atoms with Crippen molar-refractivity contribution in [1.82, 2.24) is 20.1 Å². The minimum atomic E-state index is -1.00. The van der Waals surface area contributed by atoms with Crippen molar-refractivity contribution in [1.29, 1.82) is 0 Å². The molecule has 40 heavy (non-hydrogen) atoms. The molecule has 10 heteroatoms. The number of hydrogen-bond donors (Lipinski definition) is 1. The Bertz CT molecular complexity index is 1360. The lowest BCUT2D eigenvalue weighted by Crippen LogP contribution is -2.59. The first-order valence-electron chi connectivity index (χ1n) is 13.2. The Hall–Kier alpha value is -4.44. The second-order valence-electron chi connectivity index (χ2n) is 9.76. The Kier molecular flexibility index (Phi) is 7.97. The maximum Gasteiger partial charge on any atom is 0.256 e. The smallest absolute Gasteiger partial charge is 0.256 e. The molecule has 3 heterocycles. The van der Waals surface area contributed by atoms with Crippen molar-refractivity contribution in [2.24, 2.45) is 0 Å². The van der Waals surface area contributed by atoms with E-state index in [1.54, 1.807) is 77.8 Å². The SMILES string of the molecule is COc1ccc(C(=O)N2CCC3(CC2)OC[C@@H](C(=O)NCc2cccnc2)N3C(=O)c2ccccc2)cc1OC. The number of carbonyl (C=O) groups excluding carboxylic acids is 3. The summed E-state index contributed by atoms with van der Waals surface area (Å²) < 4.78 is 16.9. The van der Waals surface area contributed by atoms with Crippen LogP contribution < -0.4 is 14.8 Å². The molecule has 1 spiro atoms. The number of aromatic nitrogens is 1. The summed E-state index contributed by atoms with van der Waals surface area (Å²) in [5.74, 6) is 0.285. The molecule has 0 aliphatic carbocycles. The number of ether oxygens (including phenoxy) is 3. The van der Waals surface area contributed by atoms with E-state index in [-0.39, 0.29) is 30.9 Å². The fraction of sp³-hybridized carbons (Fsp3) is 0.333. The van der Waals surface area contributed by atoms with Gasteiger partial charge in [-0.05, 0) is 42.0 Å². The van der Waals surface area contributed by atoms with Crippen LogP contribution in [0.3, 0.4) is 0 Å². The van der Waals surface area contributed by atoms with Crippen molar-refractivity contribution < 1.29 is 28.6 Å². The zero-order valence-corrected chi connectivity index (χ0v) is 22.5. The third-order valence-electron chi connectivity index (χ3n) is 7.45. The molecule has 0 unspecified atom stereocenters. The quantitative estimate of drug-likeness (QED) is 0.487. The van der Waals surface area contributed by atoms with Crippen LogP contribution in [0.25, 0.3) is 0 Å². The normalized spacial score (nSPS) is 17.9. The molecule has 0 radical (unpaired) electrons. The number of benzene rings is 2. The van der Waals surface area contributed by atoms with Crippen molar-refractivity contribution in [3.05, 3.63) is 89.7 Å². The molecule has 1 aromatic heterocycles. The van der Waals surface area contributed by atoms with Crippen LogP contribution in [0, 0.1) is 0 Å². The van der Waals surface area contributed by atoms with Crippen molar-refractivity contribution in [3.8, 4) is 11.5 Å². The minimum absolute atomic E-state index is 0.0705. The van der Waals surface area contributed by atoms with Gasteiger partial charge in [0.15, 0.2) is 11.5 Å². The van der Waals surface area contributed by atoms with Gasteiger partial charge in [-0.2, -0.15) is 0 Å². The van der Waals surface area contributed by atoms with Crippen molar-refractivity contribution in [2.45, 2.75) is 31.2 Å². The van der Waals surface area contributed by atoms with Crippen molar-refractivity contribution in [2.75, 3.05) is 33.9 Å². The number of piperidine rings is 1. The first-order chi connectivity index (χ1) is 19.5. The third-order valence-corrected chi connectivity index (χ3v) is 7.45. The van der Waals surface area contributed by atoms with Crippen LogP contribution in [-0.4, -0.2) is 78.2 Å². The topological polar surface area (TPSA) is 110 Å². The van der Waals surface area contributed by atoms with E-state index in [1.807, 2.05) is 12.1 Å². The molecular weight excluding hydrogens is 512 g/mol. The van der Waals surface area contributed by atoms with Crippen LogP contribution in [0.1, 0.15) is 39.1 Å². The number of amides is 3. The molecule has 0 saturated carbocycles. The summed E-state index contributed by atoms with van der Waals surface area (Å²) in [7, 11) is 3.07. The molecule has 10 nitrogen and oxygen atoms in total. The maximum absolute atomic E-state index is 13.8. The largest absolute Gasteiger partial charge is 0.493 e. The molecule has 3 amide bonds. The molecule has 2 aromatic carbocycles. The number of nitrogens with zero attached hydrogens (tertiary/aromatic N) is 3. The summed E-state index contributed by atoms with van der Waals surface area (Å²) in [6, 6.07) is 16.8. The number of hydrogen-bond acceptors (Lipinski definition) is 7. The first kappa shape index (κ1) is 27.1. The van der Waals surface area contributed by atoms with Gasteiger partial charge in [-0.3, -0.25) is 24.3 Å². The van der Waals surface area contributed by atoms with Crippen LogP contribution >= 0.6 is 0 Å². The molecule has 1 N–H and O–H groups in total. The summed E-state index contributed by atoms with van der Waals surface area (Å²) >= 11 is 0. The second-order valence-corrected chi connectivity index (χ2v) is 9.76. The third kappa shape index (κ3) is 5.35. The van der Waals surface area contributed by atoms with E-state index < -0.39 is 11.8 Å². The van der Waals surface area contributed by atoms with Gasteiger partial charge in [-0.1, -0.05) is 24.3 Å². The van der Waals surface area contributed by atoms with Gasteiger partial charge in [0, 0.05) is 56.0 Å². The zero-order chi connectivity index (χ0) is 28.1. The highest BCUT2D eigenvalue weighted by Gasteiger charge is 2.54. The molecule has 3 aromatic rings. The molecule has 2 aliphatic heterocycles. The highest BCUT2D eigenvalue weighted by atomic mass is 16.5. The number of nitrogens with one attached hydrogen (secondary N) is 1. The maximum atomic E-state index is 13.8. The number of rotatable bonds is 7. The predicted molar refractivity (Wildman–Crippen MR) is 146 cm³/mol. The van der Waals surface area contributed by atoms with E-state index in [1.165, 1.54) is 7.11 Å². The molecular formula is C30H32N4O6. The second kappa shape index (κ2) is 11.7. The Balaban J connectivity index is 1.34. The van der Waals surface area contributed by atoms with E-state index >= 15 is 0 Å². The lowest BCUT2D eigenvalue weighted by Gasteiger charge is -2.44. The number of methoxy groups -OCH3 is 2. The molecule has 2 fully saturated rings. The van der Waals surface area contributed by atoms with Gasteiger partial charge < -0.3 is 24.4 Å². The average Bonchev–Trinajstić information content (AvgIpc) is 3.38. The summed E-state index contributed by atoms with van der Waals surface area (Å²) in [5, 5.41) is 2.93. The summed E-state index contributed by atoms with van der Waals surface area (Å²) in [6.07, 6.45) is 4.10. The predicted octanol–water partition coefficient (Wildman–Crippen LogP) is 2.89. The van der Waals surface area contributed by atoms with Crippen LogP contribution in [0.5, 0.6) is 11.5 Å². The van der Waals surface area contributed by atoms with E-state index in [0.717, 1.165) is 5.56 Å². The van der Waals surface area contributed by atoms with E-state index in [4.69, 9.17) is 14.2 Å². The molecule has 1 atom stereocenters. The first-order valence-corrected chi connectivity index (χ1v) is 13.2. The Morgan fingerprint density at radius 1 is 0.950 bits per heavy atom. The van der Waals surface area contributed by atoms with Crippen molar-refractivity contribution >= 4 is 17.7 Å². The van der Waals surface area contributed by atoms with Gasteiger partial charge in [0.2, 0.25) is 5.91 Å². The number of likely N-dealkylation sites (tertiary alicyclic amines) is 1. The van der Waals surface area contributed by atoms with Crippen LogP contribution in [-0.2, 0) is 16.1 Å². The van der Waals surface area contributed by atoms with E-state index in [0.29, 0.717) is 48.6 Å². The molecule has 208 valence electrons. The van der Waals surface area contributed by atoms with Gasteiger partial charge >= 0.3 is 0 Å². The van der Waals surface area contributed by atoms with E-state index in [9.17, 15) is 14.4 Å². The van der Waals surface area contributed by atoms with Gasteiger partial charge in [-0.15, -0.1) is 0 Å².